The summed E-state index contributed by atoms with van der Waals surface area (Å²) in [6, 6.07) is 21.1. The molecule has 0 radical (unpaired) electrons. The largest absolute Gasteiger partial charge is 0.343 e. The van der Waals surface area contributed by atoms with E-state index in [2.05, 4.69) is 55.8 Å². The van der Waals surface area contributed by atoms with E-state index < -0.39 is 0 Å². The lowest BCUT2D eigenvalue weighted by Gasteiger charge is -2.06. The zero-order valence-corrected chi connectivity index (χ0v) is 16.4. The van der Waals surface area contributed by atoms with Crippen molar-refractivity contribution in [3.63, 3.8) is 0 Å². The number of aliphatic imine (C=N–C) groups is 1. The van der Waals surface area contributed by atoms with E-state index in [0.29, 0.717) is 6.54 Å². The summed E-state index contributed by atoms with van der Waals surface area (Å²) in [6.45, 7) is 2.69. The standard InChI is InChI=1S/C23H18BrFN2/c1-16-11-20(24)6-7-22(16)26-14-17-5-8-23-19(12-17)9-10-27(23)15-18-3-2-4-21(25)13-18/h2-14H,15H2,1H3. The highest BCUT2D eigenvalue weighted by atomic mass is 79.9. The number of aromatic nitrogens is 1. The highest BCUT2D eigenvalue weighted by molar-refractivity contribution is 9.10. The van der Waals surface area contributed by atoms with E-state index >= 15 is 0 Å². The van der Waals surface area contributed by atoms with Crippen LogP contribution in [0.3, 0.4) is 0 Å². The molecule has 0 aliphatic carbocycles. The Morgan fingerprint density at radius 2 is 1.93 bits per heavy atom. The van der Waals surface area contributed by atoms with Crippen LogP contribution >= 0.6 is 15.9 Å². The van der Waals surface area contributed by atoms with Crippen LogP contribution in [-0.2, 0) is 6.54 Å². The molecule has 0 saturated heterocycles. The normalized spacial score (nSPS) is 11.5. The number of benzene rings is 3. The van der Waals surface area contributed by atoms with Gasteiger partial charge < -0.3 is 4.57 Å². The van der Waals surface area contributed by atoms with Crippen LogP contribution in [0.1, 0.15) is 16.7 Å². The van der Waals surface area contributed by atoms with Gasteiger partial charge in [0.1, 0.15) is 5.82 Å². The van der Waals surface area contributed by atoms with Crippen molar-refractivity contribution in [2.75, 3.05) is 0 Å². The van der Waals surface area contributed by atoms with Crippen molar-refractivity contribution in [2.24, 2.45) is 4.99 Å². The Labute approximate surface area is 166 Å². The fourth-order valence-electron chi connectivity index (χ4n) is 3.18. The average Bonchev–Trinajstić information content (AvgIpc) is 3.03. The molecular weight excluding hydrogens is 403 g/mol. The highest BCUT2D eigenvalue weighted by Crippen LogP contribution is 2.23. The molecule has 0 aliphatic rings. The van der Waals surface area contributed by atoms with Crippen molar-refractivity contribution < 1.29 is 4.39 Å². The van der Waals surface area contributed by atoms with E-state index in [-0.39, 0.29) is 5.82 Å². The Morgan fingerprint density at radius 3 is 2.74 bits per heavy atom. The summed E-state index contributed by atoms with van der Waals surface area (Å²) in [5.41, 5.74) is 5.21. The molecular formula is C23H18BrFN2. The van der Waals surface area contributed by atoms with Crippen molar-refractivity contribution in [2.45, 2.75) is 13.5 Å². The van der Waals surface area contributed by atoms with Crippen LogP contribution in [0.2, 0.25) is 0 Å². The molecule has 4 heteroatoms. The Hall–Kier alpha value is -2.72. The summed E-state index contributed by atoms with van der Waals surface area (Å²) < 4.78 is 16.6. The van der Waals surface area contributed by atoms with E-state index in [1.54, 1.807) is 12.1 Å². The van der Waals surface area contributed by atoms with E-state index in [0.717, 1.165) is 37.8 Å². The summed E-state index contributed by atoms with van der Waals surface area (Å²) in [6.07, 6.45) is 3.93. The van der Waals surface area contributed by atoms with Crippen LogP contribution in [-0.4, -0.2) is 10.8 Å². The number of rotatable bonds is 4. The minimum absolute atomic E-state index is 0.203. The van der Waals surface area contributed by atoms with Gasteiger partial charge >= 0.3 is 0 Å². The summed E-state index contributed by atoms with van der Waals surface area (Å²) in [4.78, 5) is 4.61. The molecule has 0 unspecified atom stereocenters. The third kappa shape index (κ3) is 4.01. The van der Waals surface area contributed by atoms with Crippen LogP contribution in [0.15, 0.2) is 82.4 Å². The molecule has 0 bridgehead atoms. The van der Waals surface area contributed by atoms with Gasteiger partial charge in [-0.2, -0.15) is 0 Å². The van der Waals surface area contributed by atoms with Crippen LogP contribution in [0.25, 0.3) is 10.9 Å². The van der Waals surface area contributed by atoms with Crippen molar-refractivity contribution >= 4 is 38.7 Å². The Balaban J connectivity index is 1.59. The van der Waals surface area contributed by atoms with Gasteiger partial charge in [-0.05, 0) is 72.1 Å². The first kappa shape index (κ1) is 17.7. The predicted octanol–water partition coefficient (Wildman–Crippen LogP) is 6.65. The summed E-state index contributed by atoms with van der Waals surface area (Å²) in [5.74, 6) is -0.203. The molecule has 0 fully saturated rings. The number of hydrogen-bond donors (Lipinski definition) is 0. The van der Waals surface area contributed by atoms with Gasteiger partial charge in [0.2, 0.25) is 0 Å². The van der Waals surface area contributed by atoms with Crippen LogP contribution < -0.4 is 0 Å². The minimum atomic E-state index is -0.203. The van der Waals surface area contributed by atoms with Gasteiger partial charge in [0, 0.05) is 34.3 Å². The lowest BCUT2D eigenvalue weighted by atomic mass is 10.1. The summed E-state index contributed by atoms with van der Waals surface area (Å²) in [5, 5.41) is 1.14. The van der Waals surface area contributed by atoms with Crippen molar-refractivity contribution in [1.82, 2.24) is 4.57 Å². The molecule has 0 amide bonds. The fourth-order valence-corrected chi connectivity index (χ4v) is 3.65. The number of halogens is 2. The van der Waals surface area contributed by atoms with Gasteiger partial charge in [-0.3, -0.25) is 4.99 Å². The quantitative estimate of drug-likeness (QED) is 0.328. The van der Waals surface area contributed by atoms with Gasteiger partial charge in [-0.15, -0.1) is 0 Å². The van der Waals surface area contributed by atoms with E-state index in [1.165, 1.54) is 6.07 Å². The molecule has 0 atom stereocenters. The minimum Gasteiger partial charge on any atom is -0.343 e. The second-order valence-corrected chi connectivity index (χ2v) is 7.50. The SMILES string of the molecule is Cc1cc(Br)ccc1N=Cc1ccc2c(ccn2Cc2cccc(F)c2)c1. The molecule has 4 rings (SSSR count). The molecule has 0 saturated carbocycles. The van der Waals surface area contributed by atoms with Gasteiger partial charge in [-0.25, -0.2) is 4.39 Å². The molecule has 3 aromatic carbocycles. The first-order valence-corrected chi connectivity index (χ1v) is 9.51. The zero-order valence-electron chi connectivity index (χ0n) is 14.9. The third-order valence-electron chi connectivity index (χ3n) is 4.55. The summed E-state index contributed by atoms with van der Waals surface area (Å²) in [7, 11) is 0. The Bertz CT molecular complexity index is 1140. The first-order chi connectivity index (χ1) is 13.1. The first-order valence-electron chi connectivity index (χ1n) is 8.72. The number of aryl methyl sites for hydroxylation is 1. The maximum atomic E-state index is 13.4. The smallest absolute Gasteiger partial charge is 0.123 e. The molecule has 27 heavy (non-hydrogen) atoms. The van der Waals surface area contributed by atoms with E-state index in [9.17, 15) is 4.39 Å². The van der Waals surface area contributed by atoms with Crippen molar-refractivity contribution in [1.29, 1.82) is 0 Å². The third-order valence-corrected chi connectivity index (χ3v) is 5.04. The highest BCUT2D eigenvalue weighted by Gasteiger charge is 2.04. The van der Waals surface area contributed by atoms with Crippen LogP contribution in [0.4, 0.5) is 10.1 Å². The topological polar surface area (TPSA) is 17.3 Å². The zero-order chi connectivity index (χ0) is 18.8. The Morgan fingerprint density at radius 1 is 1.04 bits per heavy atom. The number of fused-ring (bicyclic) bond motifs is 1. The second-order valence-electron chi connectivity index (χ2n) is 6.58. The number of nitrogens with zero attached hydrogens (tertiary/aromatic N) is 2. The molecule has 0 spiro atoms. The van der Waals surface area contributed by atoms with Gasteiger partial charge in [0.15, 0.2) is 0 Å². The predicted molar refractivity (Wildman–Crippen MR) is 114 cm³/mol. The molecule has 134 valence electrons. The second kappa shape index (κ2) is 7.49. The lowest BCUT2D eigenvalue weighted by molar-refractivity contribution is 0.624. The van der Waals surface area contributed by atoms with Crippen molar-refractivity contribution in [3.05, 3.63) is 99.9 Å². The van der Waals surface area contributed by atoms with E-state index in [1.807, 2.05) is 37.5 Å². The molecule has 4 aromatic rings. The van der Waals surface area contributed by atoms with Gasteiger partial charge in [-0.1, -0.05) is 34.1 Å². The molecule has 2 nitrogen and oxygen atoms in total. The number of hydrogen-bond acceptors (Lipinski definition) is 1. The maximum Gasteiger partial charge on any atom is 0.123 e. The molecule has 1 heterocycles. The fraction of sp³-hybridized carbons (Fsp3) is 0.0870. The Kier molecular flexibility index (Phi) is 4.90. The lowest BCUT2D eigenvalue weighted by Crippen LogP contribution is -1.98. The summed E-state index contributed by atoms with van der Waals surface area (Å²) >= 11 is 3.47. The van der Waals surface area contributed by atoms with Gasteiger partial charge in [0.25, 0.3) is 0 Å². The van der Waals surface area contributed by atoms with E-state index in [4.69, 9.17) is 0 Å². The molecule has 0 aliphatic heterocycles. The monoisotopic (exact) mass is 420 g/mol. The molecule has 0 N–H and O–H groups in total. The average molecular weight is 421 g/mol. The van der Waals surface area contributed by atoms with Crippen molar-refractivity contribution in [3.8, 4) is 0 Å². The van der Waals surface area contributed by atoms with Gasteiger partial charge in [0.05, 0.1) is 5.69 Å². The maximum absolute atomic E-state index is 13.4. The van der Waals surface area contributed by atoms with Crippen LogP contribution in [0.5, 0.6) is 0 Å². The van der Waals surface area contributed by atoms with Crippen LogP contribution in [0, 0.1) is 12.7 Å². The molecule has 1 aromatic heterocycles.